The molecule has 0 spiro atoms. The first-order chi connectivity index (χ1) is 11.9. The zero-order valence-electron chi connectivity index (χ0n) is 14.8. The molecule has 3 rings (SSSR count). The number of rotatable bonds is 4. The Hall–Kier alpha value is -2.82. The van der Waals surface area contributed by atoms with Crippen molar-refractivity contribution >= 4 is 23.2 Å². The molecule has 0 saturated carbocycles. The van der Waals surface area contributed by atoms with Gasteiger partial charge in [0, 0.05) is 6.54 Å². The molecule has 0 radical (unpaired) electrons. The third kappa shape index (κ3) is 3.99. The molecular formula is C20H23N3O2. The summed E-state index contributed by atoms with van der Waals surface area (Å²) >= 11 is 0. The SMILES string of the molecule is Cc1ccc(CNC(=O)C[C@H]2Nc3cc(C)c(C)cc3NC2=O)cc1. The van der Waals surface area contributed by atoms with E-state index in [-0.39, 0.29) is 18.2 Å². The lowest BCUT2D eigenvalue weighted by molar-refractivity contribution is -0.125. The molecule has 130 valence electrons. The molecule has 2 aromatic carbocycles. The minimum absolute atomic E-state index is 0.101. The van der Waals surface area contributed by atoms with Gasteiger partial charge in [-0.2, -0.15) is 0 Å². The number of nitrogens with one attached hydrogen (secondary N) is 3. The van der Waals surface area contributed by atoms with Crippen molar-refractivity contribution in [2.75, 3.05) is 10.6 Å². The Balaban J connectivity index is 1.60. The number of fused-ring (bicyclic) bond motifs is 1. The molecule has 0 aromatic heterocycles. The van der Waals surface area contributed by atoms with Gasteiger partial charge in [0.2, 0.25) is 11.8 Å². The lowest BCUT2D eigenvalue weighted by Crippen LogP contribution is -2.42. The van der Waals surface area contributed by atoms with Gasteiger partial charge >= 0.3 is 0 Å². The van der Waals surface area contributed by atoms with Gasteiger partial charge in [-0.25, -0.2) is 0 Å². The van der Waals surface area contributed by atoms with Gasteiger partial charge in [-0.1, -0.05) is 29.8 Å². The first-order valence-electron chi connectivity index (χ1n) is 8.43. The van der Waals surface area contributed by atoms with Crippen molar-refractivity contribution in [3.63, 3.8) is 0 Å². The fourth-order valence-electron chi connectivity index (χ4n) is 2.82. The van der Waals surface area contributed by atoms with Crippen LogP contribution in [0.5, 0.6) is 0 Å². The van der Waals surface area contributed by atoms with Gasteiger partial charge in [-0.15, -0.1) is 0 Å². The number of benzene rings is 2. The van der Waals surface area contributed by atoms with Crippen molar-refractivity contribution in [3.05, 3.63) is 58.7 Å². The highest BCUT2D eigenvalue weighted by atomic mass is 16.2. The van der Waals surface area contributed by atoms with Gasteiger partial charge in [0.15, 0.2) is 0 Å². The minimum Gasteiger partial charge on any atom is -0.372 e. The normalized spacial score (nSPS) is 15.8. The van der Waals surface area contributed by atoms with Crippen molar-refractivity contribution < 1.29 is 9.59 Å². The molecule has 0 unspecified atom stereocenters. The van der Waals surface area contributed by atoms with Crippen LogP contribution in [-0.4, -0.2) is 17.9 Å². The third-order valence-corrected chi connectivity index (χ3v) is 4.54. The summed E-state index contributed by atoms with van der Waals surface area (Å²) in [7, 11) is 0. The van der Waals surface area contributed by atoms with Crippen LogP contribution in [0.25, 0.3) is 0 Å². The highest BCUT2D eigenvalue weighted by Crippen LogP contribution is 2.30. The summed E-state index contributed by atoms with van der Waals surface area (Å²) < 4.78 is 0. The summed E-state index contributed by atoms with van der Waals surface area (Å²) in [5, 5.41) is 8.93. The molecular weight excluding hydrogens is 314 g/mol. The van der Waals surface area contributed by atoms with Crippen LogP contribution in [0.2, 0.25) is 0 Å². The van der Waals surface area contributed by atoms with E-state index >= 15 is 0 Å². The minimum atomic E-state index is -0.562. The topological polar surface area (TPSA) is 70.2 Å². The smallest absolute Gasteiger partial charge is 0.247 e. The average Bonchev–Trinajstić information content (AvgIpc) is 2.57. The van der Waals surface area contributed by atoms with Crippen LogP contribution in [0.15, 0.2) is 36.4 Å². The zero-order chi connectivity index (χ0) is 18.0. The molecule has 5 nitrogen and oxygen atoms in total. The number of carbonyl (C=O) groups excluding carboxylic acids is 2. The quantitative estimate of drug-likeness (QED) is 0.803. The highest BCUT2D eigenvalue weighted by molar-refractivity contribution is 6.05. The Bertz CT molecular complexity index is 812. The maximum absolute atomic E-state index is 12.2. The average molecular weight is 337 g/mol. The highest BCUT2D eigenvalue weighted by Gasteiger charge is 2.27. The monoisotopic (exact) mass is 337 g/mol. The molecule has 1 aliphatic rings. The number of aryl methyl sites for hydroxylation is 3. The van der Waals surface area contributed by atoms with Crippen molar-refractivity contribution in [1.29, 1.82) is 0 Å². The number of amides is 2. The Labute approximate surface area is 147 Å². The van der Waals surface area contributed by atoms with Crippen molar-refractivity contribution in [3.8, 4) is 0 Å². The van der Waals surface area contributed by atoms with E-state index in [9.17, 15) is 9.59 Å². The number of carbonyl (C=O) groups is 2. The summed E-state index contributed by atoms with van der Waals surface area (Å²) in [6, 6.07) is 11.4. The Kier molecular flexibility index (Phi) is 4.74. The van der Waals surface area contributed by atoms with E-state index in [1.165, 1.54) is 5.56 Å². The van der Waals surface area contributed by atoms with Crippen LogP contribution in [0.1, 0.15) is 28.7 Å². The first kappa shape index (κ1) is 17.0. The van der Waals surface area contributed by atoms with E-state index in [0.29, 0.717) is 6.54 Å². The standard InChI is InChI=1S/C20H23N3O2/c1-12-4-6-15(7-5-12)11-21-19(24)10-18-20(25)23-17-9-14(3)13(2)8-16(17)22-18/h4-9,18,22H,10-11H2,1-3H3,(H,21,24)(H,23,25)/t18-/m1/s1. The summed E-state index contributed by atoms with van der Waals surface area (Å²) in [5.74, 6) is -0.332. The molecule has 2 amide bonds. The number of hydrogen-bond acceptors (Lipinski definition) is 3. The van der Waals surface area contributed by atoms with Crippen LogP contribution in [0.4, 0.5) is 11.4 Å². The van der Waals surface area contributed by atoms with E-state index < -0.39 is 6.04 Å². The van der Waals surface area contributed by atoms with Crippen LogP contribution < -0.4 is 16.0 Å². The summed E-state index contributed by atoms with van der Waals surface area (Å²) in [4.78, 5) is 24.4. The second-order valence-corrected chi connectivity index (χ2v) is 6.63. The fraction of sp³-hybridized carbons (Fsp3) is 0.300. The van der Waals surface area contributed by atoms with E-state index in [1.807, 2.05) is 57.2 Å². The molecule has 0 fully saturated rings. The van der Waals surface area contributed by atoms with Crippen LogP contribution in [-0.2, 0) is 16.1 Å². The van der Waals surface area contributed by atoms with Crippen molar-refractivity contribution in [2.45, 2.75) is 39.8 Å². The van der Waals surface area contributed by atoms with E-state index in [4.69, 9.17) is 0 Å². The molecule has 0 saturated heterocycles. The summed E-state index contributed by atoms with van der Waals surface area (Å²) in [5.41, 5.74) is 6.11. The molecule has 5 heteroatoms. The Morgan fingerprint density at radius 2 is 1.68 bits per heavy atom. The molecule has 2 aromatic rings. The van der Waals surface area contributed by atoms with Gasteiger partial charge in [-0.05, 0) is 49.6 Å². The number of anilines is 2. The van der Waals surface area contributed by atoms with Crippen LogP contribution >= 0.6 is 0 Å². The van der Waals surface area contributed by atoms with Gasteiger partial charge in [0.05, 0.1) is 17.8 Å². The van der Waals surface area contributed by atoms with E-state index in [1.54, 1.807) is 0 Å². The second kappa shape index (κ2) is 6.97. The zero-order valence-corrected chi connectivity index (χ0v) is 14.8. The van der Waals surface area contributed by atoms with Gasteiger partial charge < -0.3 is 16.0 Å². The Morgan fingerprint density at radius 1 is 1.04 bits per heavy atom. The van der Waals surface area contributed by atoms with Crippen molar-refractivity contribution in [1.82, 2.24) is 5.32 Å². The predicted molar refractivity (Wildman–Crippen MR) is 99.6 cm³/mol. The van der Waals surface area contributed by atoms with E-state index in [2.05, 4.69) is 16.0 Å². The summed E-state index contributed by atoms with van der Waals surface area (Å²) in [6.07, 6.45) is 0.101. The second-order valence-electron chi connectivity index (χ2n) is 6.63. The Morgan fingerprint density at radius 3 is 2.36 bits per heavy atom. The lowest BCUT2D eigenvalue weighted by Gasteiger charge is -2.27. The third-order valence-electron chi connectivity index (χ3n) is 4.54. The fourth-order valence-corrected chi connectivity index (χ4v) is 2.82. The van der Waals surface area contributed by atoms with Crippen LogP contribution in [0, 0.1) is 20.8 Å². The first-order valence-corrected chi connectivity index (χ1v) is 8.43. The maximum atomic E-state index is 12.2. The van der Waals surface area contributed by atoms with Crippen LogP contribution in [0.3, 0.4) is 0 Å². The van der Waals surface area contributed by atoms with Crippen molar-refractivity contribution in [2.24, 2.45) is 0 Å². The maximum Gasteiger partial charge on any atom is 0.247 e. The summed E-state index contributed by atoms with van der Waals surface area (Å²) in [6.45, 7) is 6.52. The molecule has 1 atom stereocenters. The molecule has 3 N–H and O–H groups in total. The lowest BCUT2D eigenvalue weighted by atomic mass is 10.0. The van der Waals surface area contributed by atoms with Gasteiger partial charge in [0.25, 0.3) is 0 Å². The predicted octanol–water partition coefficient (Wildman–Crippen LogP) is 3.05. The molecule has 1 aliphatic heterocycles. The van der Waals surface area contributed by atoms with Gasteiger partial charge in [-0.3, -0.25) is 9.59 Å². The molecule has 1 heterocycles. The largest absolute Gasteiger partial charge is 0.372 e. The number of hydrogen-bond donors (Lipinski definition) is 3. The molecule has 25 heavy (non-hydrogen) atoms. The molecule has 0 aliphatic carbocycles. The van der Waals surface area contributed by atoms with E-state index in [0.717, 1.165) is 28.1 Å². The van der Waals surface area contributed by atoms with Gasteiger partial charge in [0.1, 0.15) is 6.04 Å². The molecule has 0 bridgehead atoms.